The molecule has 2 rings (SSSR count). The monoisotopic (exact) mass is 313 g/mol. The van der Waals surface area contributed by atoms with Crippen LogP contribution in [0.5, 0.6) is 0 Å². The summed E-state index contributed by atoms with van der Waals surface area (Å²) in [5.41, 5.74) is -0.870. The summed E-state index contributed by atoms with van der Waals surface area (Å²) in [6, 6.07) is 7.76. The third-order valence-electron chi connectivity index (χ3n) is 2.85. The Morgan fingerprint density at radius 1 is 1.14 bits per heavy atom. The number of hydrogen-bond donors (Lipinski definition) is 2. The maximum Gasteiger partial charge on any atom is 0.416 e. The Hall–Kier alpha value is -2.41. The second-order valence-corrected chi connectivity index (χ2v) is 4.54. The van der Waals surface area contributed by atoms with Gasteiger partial charge in [0.15, 0.2) is 0 Å². The Kier molecular flexibility index (Phi) is 4.46. The number of carbonyl (C=O) groups is 1. The maximum atomic E-state index is 13.3. The Labute approximate surface area is 123 Å². The van der Waals surface area contributed by atoms with Crippen LogP contribution in [0.4, 0.5) is 23.2 Å². The van der Waals surface area contributed by atoms with Gasteiger partial charge in [-0.05, 0) is 35.9 Å². The number of nitrogens with one attached hydrogen (secondary N) is 1. The average molecular weight is 313 g/mol. The van der Waals surface area contributed by atoms with Gasteiger partial charge < -0.3 is 10.4 Å². The van der Waals surface area contributed by atoms with E-state index in [9.17, 15) is 22.4 Å². The van der Waals surface area contributed by atoms with Crippen LogP contribution in [-0.2, 0) is 12.8 Å². The number of rotatable bonds is 3. The predicted molar refractivity (Wildman–Crippen MR) is 71.7 cm³/mol. The highest BCUT2D eigenvalue weighted by molar-refractivity contribution is 6.04. The fraction of sp³-hybridized carbons (Fsp3) is 0.133. The van der Waals surface area contributed by atoms with Gasteiger partial charge >= 0.3 is 6.18 Å². The Morgan fingerprint density at radius 3 is 2.50 bits per heavy atom. The lowest BCUT2D eigenvalue weighted by molar-refractivity contribution is -0.137. The first-order valence-electron chi connectivity index (χ1n) is 6.18. The molecular formula is C15H11F4NO2. The molecule has 0 aliphatic heterocycles. The van der Waals surface area contributed by atoms with E-state index in [4.69, 9.17) is 5.11 Å². The molecule has 0 spiro atoms. The van der Waals surface area contributed by atoms with Crippen LogP contribution in [0, 0.1) is 5.82 Å². The van der Waals surface area contributed by atoms with Gasteiger partial charge in [0.2, 0.25) is 0 Å². The molecule has 0 radical (unpaired) electrons. The number of anilines is 1. The minimum atomic E-state index is -4.74. The van der Waals surface area contributed by atoms with E-state index in [1.165, 1.54) is 12.1 Å². The minimum absolute atomic E-state index is 0.248. The van der Waals surface area contributed by atoms with E-state index in [1.807, 2.05) is 0 Å². The number of amides is 1. The first kappa shape index (κ1) is 16.0. The topological polar surface area (TPSA) is 49.3 Å². The molecule has 2 aromatic rings. The maximum absolute atomic E-state index is 13.3. The highest BCUT2D eigenvalue weighted by Crippen LogP contribution is 2.30. The molecule has 0 atom stereocenters. The minimum Gasteiger partial charge on any atom is -0.392 e. The van der Waals surface area contributed by atoms with E-state index in [1.54, 1.807) is 12.1 Å². The summed E-state index contributed by atoms with van der Waals surface area (Å²) in [4.78, 5) is 11.9. The molecule has 3 nitrogen and oxygen atoms in total. The molecule has 0 unspecified atom stereocenters. The summed E-state index contributed by atoms with van der Waals surface area (Å²) >= 11 is 0. The molecule has 0 aliphatic rings. The number of alkyl halides is 3. The molecule has 0 bridgehead atoms. The van der Waals surface area contributed by atoms with Crippen molar-refractivity contribution in [1.82, 2.24) is 0 Å². The second-order valence-electron chi connectivity index (χ2n) is 4.54. The SMILES string of the molecule is O=C(Nc1cccc(CO)c1)c1cc(F)cc(C(F)(F)F)c1. The zero-order valence-corrected chi connectivity index (χ0v) is 11.1. The normalized spacial score (nSPS) is 11.3. The van der Waals surface area contributed by atoms with E-state index >= 15 is 0 Å². The van der Waals surface area contributed by atoms with Gasteiger partial charge in [-0.25, -0.2) is 4.39 Å². The van der Waals surface area contributed by atoms with Gasteiger partial charge in [0.05, 0.1) is 12.2 Å². The first-order chi connectivity index (χ1) is 10.3. The predicted octanol–water partition coefficient (Wildman–Crippen LogP) is 3.59. The number of aliphatic hydroxyl groups is 1. The molecule has 22 heavy (non-hydrogen) atoms. The highest BCUT2D eigenvalue weighted by atomic mass is 19.4. The van der Waals surface area contributed by atoms with E-state index in [0.29, 0.717) is 17.7 Å². The number of carbonyl (C=O) groups excluding carboxylic acids is 1. The molecular weight excluding hydrogens is 302 g/mol. The van der Waals surface area contributed by atoms with Gasteiger partial charge in [-0.1, -0.05) is 12.1 Å². The fourth-order valence-electron chi connectivity index (χ4n) is 1.84. The quantitative estimate of drug-likeness (QED) is 0.851. The average Bonchev–Trinajstić information content (AvgIpc) is 2.46. The van der Waals surface area contributed by atoms with Crippen molar-refractivity contribution in [3.8, 4) is 0 Å². The molecule has 0 aliphatic carbocycles. The summed E-state index contributed by atoms with van der Waals surface area (Å²) in [5, 5.41) is 11.3. The molecule has 1 amide bonds. The van der Waals surface area contributed by atoms with E-state index in [0.717, 1.165) is 6.07 Å². The molecule has 2 N–H and O–H groups in total. The van der Waals surface area contributed by atoms with Crippen LogP contribution < -0.4 is 5.32 Å². The van der Waals surface area contributed by atoms with E-state index in [2.05, 4.69) is 5.32 Å². The van der Waals surface area contributed by atoms with Crippen molar-refractivity contribution in [2.75, 3.05) is 5.32 Å². The van der Waals surface area contributed by atoms with Gasteiger partial charge in [-0.15, -0.1) is 0 Å². The lowest BCUT2D eigenvalue weighted by Crippen LogP contribution is -2.14. The molecule has 0 saturated heterocycles. The lowest BCUT2D eigenvalue weighted by atomic mass is 10.1. The molecule has 116 valence electrons. The van der Waals surface area contributed by atoms with Gasteiger partial charge in [0, 0.05) is 11.3 Å². The summed E-state index contributed by atoms with van der Waals surface area (Å²) < 4.78 is 51.1. The van der Waals surface area contributed by atoms with Crippen LogP contribution in [-0.4, -0.2) is 11.0 Å². The van der Waals surface area contributed by atoms with Crippen molar-refractivity contribution < 1.29 is 27.5 Å². The summed E-state index contributed by atoms with van der Waals surface area (Å²) in [6.45, 7) is -0.248. The molecule has 0 aromatic heterocycles. The number of halogens is 4. The van der Waals surface area contributed by atoms with Crippen molar-refractivity contribution >= 4 is 11.6 Å². The van der Waals surface area contributed by atoms with Gasteiger partial charge in [-0.2, -0.15) is 13.2 Å². The van der Waals surface area contributed by atoms with Gasteiger partial charge in [0.1, 0.15) is 5.82 Å². The van der Waals surface area contributed by atoms with Crippen LogP contribution in [0.1, 0.15) is 21.5 Å². The first-order valence-corrected chi connectivity index (χ1v) is 6.18. The third kappa shape index (κ3) is 3.82. The largest absolute Gasteiger partial charge is 0.416 e. The second kappa shape index (κ2) is 6.15. The van der Waals surface area contributed by atoms with Gasteiger partial charge in [-0.3, -0.25) is 4.79 Å². The van der Waals surface area contributed by atoms with E-state index < -0.39 is 29.0 Å². The molecule has 0 heterocycles. The summed E-state index contributed by atoms with van der Waals surface area (Å²) in [7, 11) is 0. The third-order valence-corrected chi connectivity index (χ3v) is 2.85. The number of benzene rings is 2. The Balaban J connectivity index is 2.27. The van der Waals surface area contributed by atoms with Crippen LogP contribution in [0.2, 0.25) is 0 Å². The van der Waals surface area contributed by atoms with Gasteiger partial charge in [0.25, 0.3) is 5.91 Å². The van der Waals surface area contributed by atoms with Crippen molar-refractivity contribution in [2.45, 2.75) is 12.8 Å². The Bertz CT molecular complexity index is 698. The van der Waals surface area contributed by atoms with Crippen molar-refractivity contribution in [3.63, 3.8) is 0 Å². The molecule has 0 saturated carbocycles. The zero-order chi connectivity index (χ0) is 16.3. The number of hydrogen-bond acceptors (Lipinski definition) is 2. The molecule has 2 aromatic carbocycles. The van der Waals surface area contributed by atoms with Crippen LogP contribution in [0.25, 0.3) is 0 Å². The van der Waals surface area contributed by atoms with Crippen molar-refractivity contribution in [2.24, 2.45) is 0 Å². The number of aliphatic hydroxyl groups excluding tert-OH is 1. The zero-order valence-electron chi connectivity index (χ0n) is 11.1. The Morgan fingerprint density at radius 2 is 1.86 bits per heavy atom. The van der Waals surface area contributed by atoms with Crippen molar-refractivity contribution in [3.05, 3.63) is 65.0 Å². The van der Waals surface area contributed by atoms with Crippen LogP contribution >= 0.6 is 0 Å². The fourth-order valence-corrected chi connectivity index (χ4v) is 1.84. The van der Waals surface area contributed by atoms with E-state index in [-0.39, 0.29) is 12.3 Å². The smallest absolute Gasteiger partial charge is 0.392 e. The molecule has 7 heteroatoms. The lowest BCUT2D eigenvalue weighted by Gasteiger charge is -2.10. The van der Waals surface area contributed by atoms with Crippen molar-refractivity contribution in [1.29, 1.82) is 0 Å². The highest BCUT2D eigenvalue weighted by Gasteiger charge is 2.32. The van der Waals surface area contributed by atoms with Crippen LogP contribution in [0.15, 0.2) is 42.5 Å². The summed E-state index contributed by atoms with van der Waals surface area (Å²) in [5.74, 6) is -2.02. The standard InChI is InChI=1S/C15H11F4NO2/c16-12-6-10(5-11(7-12)15(17,18)19)14(22)20-13-3-1-2-9(4-13)8-21/h1-7,21H,8H2,(H,20,22). The summed E-state index contributed by atoms with van der Waals surface area (Å²) in [6.07, 6.45) is -4.74. The van der Waals surface area contributed by atoms with Crippen LogP contribution in [0.3, 0.4) is 0 Å². The molecule has 0 fully saturated rings.